The number of nitrogens with zero attached hydrogens (tertiary/aromatic N) is 5. The van der Waals surface area contributed by atoms with Crippen LogP contribution in [0.5, 0.6) is 5.75 Å². The fourth-order valence-electron chi connectivity index (χ4n) is 3.42. The molecule has 0 spiro atoms. The summed E-state index contributed by atoms with van der Waals surface area (Å²) < 4.78 is 22.6. The molecule has 0 unspecified atom stereocenters. The molecule has 0 bridgehead atoms. The Morgan fingerprint density at radius 3 is 2.35 bits per heavy atom. The van der Waals surface area contributed by atoms with Crippen LogP contribution >= 0.6 is 11.8 Å². The minimum Gasteiger partial charge on any atom is -0.482 e. The quantitative estimate of drug-likeness (QED) is 0.257. The third-order valence-corrected chi connectivity index (χ3v) is 6.14. The highest BCUT2D eigenvalue weighted by Gasteiger charge is 2.16. The number of ether oxygens (including phenoxy) is 1. The summed E-state index contributed by atoms with van der Waals surface area (Å²) in [7, 11) is 0. The molecule has 0 fully saturated rings. The number of para-hydroxylation sites is 2. The number of aromatic nitrogens is 5. The average Bonchev–Trinajstić information content (AvgIpc) is 3.47. The number of hydrogen-bond donors (Lipinski definition) is 1. The number of halogens is 1. The number of nitrogen functional groups attached to an aromatic ring is 1. The summed E-state index contributed by atoms with van der Waals surface area (Å²) in [6.45, 7) is 0.00615. The maximum atomic E-state index is 13.8. The highest BCUT2D eigenvalue weighted by Crippen LogP contribution is 2.29. The Hall–Kier alpha value is -4.11. The summed E-state index contributed by atoms with van der Waals surface area (Å²) in [6.07, 6.45) is 2.02. The molecule has 0 aliphatic rings. The maximum absolute atomic E-state index is 13.8. The van der Waals surface area contributed by atoms with Crippen LogP contribution < -0.4 is 10.6 Å². The Kier molecular flexibility index (Phi) is 6.26. The number of benzene rings is 3. The van der Waals surface area contributed by atoms with Crippen LogP contribution in [-0.2, 0) is 12.4 Å². The lowest BCUT2D eigenvalue weighted by molar-refractivity contribution is 0.277. The van der Waals surface area contributed by atoms with E-state index in [1.165, 1.54) is 22.5 Å². The fourth-order valence-corrected chi connectivity index (χ4v) is 4.26. The average molecular weight is 473 g/mol. The van der Waals surface area contributed by atoms with E-state index in [2.05, 4.69) is 10.2 Å². The molecular formula is C25H21FN6OS. The standard InChI is InChI=1S/C25H21FN6OS/c26-21-13-7-8-14-22(21)33-16-23-28-29-25(32(23)27)34-17-19-15-31(20-11-5-2-6-12-20)30-24(19)18-9-3-1-4-10-18/h1-15H,16-17,27H2. The van der Waals surface area contributed by atoms with Crippen molar-refractivity contribution in [1.82, 2.24) is 24.7 Å². The number of nitrogens with two attached hydrogens (primary N) is 1. The van der Waals surface area contributed by atoms with E-state index in [9.17, 15) is 4.39 Å². The summed E-state index contributed by atoms with van der Waals surface area (Å²) in [4.78, 5) is 0. The molecule has 9 heteroatoms. The first kappa shape index (κ1) is 21.7. The van der Waals surface area contributed by atoms with Gasteiger partial charge in [-0.3, -0.25) is 0 Å². The Bertz CT molecular complexity index is 1390. The number of hydrogen-bond acceptors (Lipinski definition) is 6. The molecular weight excluding hydrogens is 451 g/mol. The summed E-state index contributed by atoms with van der Waals surface area (Å²) in [5, 5.41) is 13.6. The van der Waals surface area contributed by atoms with E-state index < -0.39 is 5.82 Å². The van der Waals surface area contributed by atoms with Gasteiger partial charge in [-0.15, -0.1) is 10.2 Å². The van der Waals surface area contributed by atoms with E-state index in [-0.39, 0.29) is 12.4 Å². The molecule has 0 amide bonds. The first-order valence-corrected chi connectivity index (χ1v) is 11.6. The Morgan fingerprint density at radius 2 is 1.59 bits per heavy atom. The van der Waals surface area contributed by atoms with Gasteiger partial charge in [0.1, 0.15) is 6.61 Å². The summed E-state index contributed by atoms with van der Waals surface area (Å²) in [6, 6.07) is 26.2. The maximum Gasteiger partial charge on any atom is 0.210 e. The fraction of sp³-hybridized carbons (Fsp3) is 0.0800. The van der Waals surface area contributed by atoms with Crippen LogP contribution in [0.15, 0.2) is 96.3 Å². The second kappa shape index (κ2) is 9.80. The number of rotatable bonds is 8. The monoisotopic (exact) mass is 472 g/mol. The van der Waals surface area contributed by atoms with Gasteiger partial charge >= 0.3 is 0 Å². The van der Waals surface area contributed by atoms with Crippen molar-refractivity contribution in [3.63, 3.8) is 0 Å². The largest absolute Gasteiger partial charge is 0.482 e. The van der Waals surface area contributed by atoms with Gasteiger partial charge in [0.15, 0.2) is 17.4 Å². The minimum absolute atomic E-state index is 0.00615. The number of thioether (sulfide) groups is 1. The summed E-state index contributed by atoms with van der Waals surface area (Å²) >= 11 is 1.44. The van der Waals surface area contributed by atoms with Crippen molar-refractivity contribution in [1.29, 1.82) is 0 Å². The lowest BCUT2D eigenvalue weighted by atomic mass is 10.1. The molecule has 2 aromatic heterocycles. The zero-order valence-electron chi connectivity index (χ0n) is 18.1. The van der Waals surface area contributed by atoms with Crippen molar-refractivity contribution in [3.05, 3.63) is 108 Å². The van der Waals surface area contributed by atoms with Crippen LogP contribution in [0.4, 0.5) is 4.39 Å². The van der Waals surface area contributed by atoms with Gasteiger partial charge in [-0.2, -0.15) is 5.10 Å². The molecule has 0 aliphatic carbocycles. The molecule has 2 heterocycles. The second-order valence-corrected chi connectivity index (χ2v) is 8.37. The van der Waals surface area contributed by atoms with Crippen molar-refractivity contribution in [2.75, 3.05) is 5.84 Å². The van der Waals surface area contributed by atoms with Gasteiger partial charge in [0.2, 0.25) is 5.16 Å². The molecule has 0 radical (unpaired) electrons. The van der Waals surface area contributed by atoms with Crippen molar-refractivity contribution < 1.29 is 9.13 Å². The second-order valence-electron chi connectivity index (χ2n) is 7.43. The zero-order chi connectivity index (χ0) is 23.3. The van der Waals surface area contributed by atoms with E-state index in [1.807, 2.05) is 71.5 Å². The molecule has 0 saturated carbocycles. The van der Waals surface area contributed by atoms with Crippen LogP contribution in [0, 0.1) is 5.82 Å². The van der Waals surface area contributed by atoms with Gasteiger partial charge in [0.25, 0.3) is 0 Å². The molecule has 0 saturated heterocycles. The van der Waals surface area contributed by atoms with Crippen LogP contribution in [0.3, 0.4) is 0 Å². The first-order chi connectivity index (χ1) is 16.7. The molecule has 0 aliphatic heterocycles. The molecule has 0 atom stereocenters. The van der Waals surface area contributed by atoms with Crippen LogP contribution in [0.2, 0.25) is 0 Å². The van der Waals surface area contributed by atoms with Gasteiger partial charge in [-0.25, -0.2) is 13.7 Å². The highest BCUT2D eigenvalue weighted by atomic mass is 32.2. The highest BCUT2D eigenvalue weighted by molar-refractivity contribution is 7.98. The van der Waals surface area contributed by atoms with E-state index >= 15 is 0 Å². The molecule has 7 nitrogen and oxygen atoms in total. The molecule has 34 heavy (non-hydrogen) atoms. The normalized spacial score (nSPS) is 11.0. The third kappa shape index (κ3) is 4.65. The van der Waals surface area contributed by atoms with Crippen molar-refractivity contribution in [2.24, 2.45) is 0 Å². The van der Waals surface area contributed by atoms with E-state index in [4.69, 9.17) is 15.7 Å². The van der Waals surface area contributed by atoms with E-state index in [0.29, 0.717) is 16.7 Å². The van der Waals surface area contributed by atoms with Crippen molar-refractivity contribution in [2.45, 2.75) is 17.5 Å². The lowest BCUT2D eigenvalue weighted by Crippen LogP contribution is -2.16. The van der Waals surface area contributed by atoms with Crippen LogP contribution in [-0.4, -0.2) is 24.7 Å². The van der Waals surface area contributed by atoms with Crippen molar-refractivity contribution >= 4 is 11.8 Å². The van der Waals surface area contributed by atoms with E-state index in [0.717, 1.165) is 22.5 Å². The minimum atomic E-state index is -0.441. The topological polar surface area (TPSA) is 83.8 Å². The van der Waals surface area contributed by atoms with Gasteiger partial charge in [-0.1, -0.05) is 72.4 Å². The first-order valence-electron chi connectivity index (χ1n) is 10.6. The Balaban J connectivity index is 1.35. The van der Waals surface area contributed by atoms with Crippen molar-refractivity contribution in [3.8, 4) is 22.7 Å². The molecule has 170 valence electrons. The lowest BCUT2D eigenvalue weighted by Gasteiger charge is -2.07. The van der Waals surface area contributed by atoms with E-state index in [1.54, 1.807) is 18.2 Å². The van der Waals surface area contributed by atoms with Crippen LogP contribution in [0.1, 0.15) is 11.4 Å². The molecule has 3 aromatic carbocycles. The van der Waals surface area contributed by atoms with Gasteiger partial charge < -0.3 is 10.6 Å². The Morgan fingerprint density at radius 1 is 0.882 bits per heavy atom. The zero-order valence-corrected chi connectivity index (χ0v) is 18.9. The molecule has 2 N–H and O–H groups in total. The predicted molar refractivity (Wildman–Crippen MR) is 129 cm³/mol. The predicted octanol–water partition coefficient (Wildman–Crippen LogP) is 4.86. The Labute approximate surface area is 200 Å². The molecule has 5 aromatic rings. The summed E-state index contributed by atoms with van der Waals surface area (Å²) in [5.41, 5.74) is 3.93. The third-order valence-electron chi connectivity index (χ3n) is 5.14. The molecule has 5 rings (SSSR count). The van der Waals surface area contributed by atoms with Gasteiger partial charge in [0, 0.05) is 23.1 Å². The summed E-state index contributed by atoms with van der Waals surface area (Å²) in [5.74, 6) is 6.87. The van der Waals surface area contributed by atoms with Gasteiger partial charge in [-0.05, 0) is 24.3 Å². The van der Waals surface area contributed by atoms with Crippen LogP contribution in [0.25, 0.3) is 16.9 Å². The smallest absolute Gasteiger partial charge is 0.210 e. The SMILES string of the molecule is Nn1c(COc2ccccc2F)nnc1SCc1cn(-c2ccccc2)nc1-c1ccccc1. The van der Waals surface area contributed by atoms with Gasteiger partial charge in [0.05, 0.1) is 11.4 Å².